The molecule has 17 heavy (non-hydrogen) atoms. The molecule has 6 nitrogen and oxygen atoms in total. The van der Waals surface area contributed by atoms with Gasteiger partial charge in [0, 0.05) is 17.4 Å². The number of hydrogen-bond donors (Lipinski definition) is 3. The summed E-state index contributed by atoms with van der Waals surface area (Å²) in [6.07, 6.45) is 1.32. The normalized spacial score (nSPS) is 9.88. The zero-order valence-corrected chi connectivity index (χ0v) is 8.81. The van der Waals surface area contributed by atoms with E-state index in [0.29, 0.717) is 17.1 Å². The van der Waals surface area contributed by atoms with E-state index in [9.17, 15) is 9.59 Å². The Hall–Kier alpha value is -2.63. The van der Waals surface area contributed by atoms with Gasteiger partial charge >= 0.3 is 5.69 Å². The second-order valence-electron chi connectivity index (χ2n) is 3.36. The van der Waals surface area contributed by atoms with Gasteiger partial charge in [-0.1, -0.05) is 0 Å². The quantitative estimate of drug-likeness (QED) is 0.657. The van der Waals surface area contributed by atoms with Crippen LogP contribution in [0.2, 0.25) is 0 Å². The SMILES string of the molecule is Nc1ccc(C(=O)Nc2ccnc(=O)[nH]2)cc1. The van der Waals surface area contributed by atoms with Crippen LogP contribution in [-0.4, -0.2) is 15.9 Å². The number of benzene rings is 1. The van der Waals surface area contributed by atoms with E-state index >= 15 is 0 Å². The van der Waals surface area contributed by atoms with E-state index < -0.39 is 5.69 Å². The van der Waals surface area contributed by atoms with Gasteiger partial charge in [0.2, 0.25) is 0 Å². The molecule has 0 saturated heterocycles. The molecule has 0 spiro atoms. The van der Waals surface area contributed by atoms with Crippen LogP contribution in [0.25, 0.3) is 0 Å². The highest BCUT2D eigenvalue weighted by Crippen LogP contribution is 2.07. The minimum absolute atomic E-state index is 0.298. The topological polar surface area (TPSA) is 101 Å². The number of aromatic amines is 1. The molecule has 0 aliphatic heterocycles. The number of anilines is 2. The Morgan fingerprint density at radius 1 is 1.24 bits per heavy atom. The van der Waals surface area contributed by atoms with Crippen molar-refractivity contribution in [1.29, 1.82) is 0 Å². The Labute approximate surface area is 96.5 Å². The fraction of sp³-hybridized carbons (Fsp3) is 0. The highest BCUT2D eigenvalue weighted by atomic mass is 16.2. The molecule has 0 bridgehead atoms. The number of nitrogens with two attached hydrogens (primary N) is 1. The maximum Gasteiger partial charge on any atom is 0.346 e. The Bertz CT molecular complexity index is 589. The van der Waals surface area contributed by atoms with Crippen LogP contribution < -0.4 is 16.7 Å². The summed E-state index contributed by atoms with van der Waals surface area (Å²) in [5.41, 5.74) is 6.04. The predicted molar refractivity (Wildman–Crippen MR) is 63.7 cm³/mol. The van der Waals surface area contributed by atoms with E-state index in [1.807, 2.05) is 0 Å². The van der Waals surface area contributed by atoms with Gasteiger partial charge in [0.15, 0.2) is 0 Å². The Morgan fingerprint density at radius 3 is 2.59 bits per heavy atom. The maximum absolute atomic E-state index is 11.7. The first-order valence-electron chi connectivity index (χ1n) is 4.87. The molecule has 2 aromatic rings. The molecule has 0 radical (unpaired) electrons. The molecule has 6 heteroatoms. The van der Waals surface area contributed by atoms with E-state index in [0.717, 1.165) is 0 Å². The van der Waals surface area contributed by atoms with E-state index in [4.69, 9.17) is 5.73 Å². The van der Waals surface area contributed by atoms with Crippen LogP contribution in [0.4, 0.5) is 11.5 Å². The van der Waals surface area contributed by atoms with Crippen molar-refractivity contribution in [3.63, 3.8) is 0 Å². The number of aromatic nitrogens is 2. The molecule has 0 saturated carbocycles. The van der Waals surface area contributed by atoms with Crippen LogP contribution in [-0.2, 0) is 0 Å². The number of nitrogens with one attached hydrogen (secondary N) is 2. The van der Waals surface area contributed by atoms with Gasteiger partial charge in [-0.2, -0.15) is 0 Å². The van der Waals surface area contributed by atoms with Gasteiger partial charge < -0.3 is 11.1 Å². The van der Waals surface area contributed by atoms with Gasteiger partial charge in [-0.15, -0.1) is 0 Å². The number of nitrogens with zero attached hydrogens (tertiary/aromatic N) is 1. The van der Waals surface area contributed by atoms with E-state index in [1.165, 1.54) is 12.3 Å². The van der Waals surface area contributed by atoms with Crippen molar-refractivity contribution in [3.8, 4) is 0 Å². The molecule has 1 aromatic carbocycles. The first-order chi connectivity index (χ1) is 8.15. The zero-order chi connectivity index (χ0) is 12.3. The molecular formula is C11H10N4O2. The average Bonchev–Trinajstić information content (AvgIpc) is 2.29. The summed E-state index contributed by atoms with van der Waals surface area (Å²) in [5.74, 6) is -0.0290. The van der Waals surface area contributed by atoms with Crippen LogP contribution in [0.3, 0.4) is 0 Å². The van der Waals surface area contributed by atoms with E-state index in [1.54, 1.807) is 24.3 Å². The van der Waals surface area contributed by atoms with Crippen molar-refractivity contribution in [2.45, 2.75) is 0 Å². The first kappa shape index (κ1) is 10.9. The molecule has 1 aromatic heterocycles. The van der Waals surface area contributed by atoms with E-state index in [-0.39, 0.29) is 5.91 Å². The fourth-order valence-electron chi connectivity index (χ4n) is 1.27. The number of amides is 1. The summed E-state index contributed by atoms with van der Waals surface area (Å²) >= 11 is 0. The lowest BCUT2D eigenvalue weighted by Gasteiger charge is -2.04. The Balaban J connectivity index is 2.17. The fourth-order valence-corrected chi connectivity index (χ4v) is 1.27. The van der Waals surface area contributed by atoms with Crippen LogP contribution in [0.1, 0.15) is 10.4 Å². The van der Waals surface area contributed by atoms with Crippen molar-refractivity contribution < 1.29 is 4.79 Å². The molecule has 0 unspecified atom stereocenters. The number of nitrogen functional groups attached to an aromatic ring is 1. The summed E-state index contributed by atoms with van der Waals surface area (Å²) in [6, 6.07) is 7.96. The average molecular weight is 230 g/mol. The molecule has 2 rings (SSSR count). The monoisotopic (exact) mass is 230 g/mol. The smallest absolute Gasteiger partial charge is 0.346 e. The van der Waals surface area contributed by atoms with Crippen molar-refractivity contribution in [2.24, 2.45) is 0 Å². The van der Waals surface area contributed by atoms with Gasteiger partial charge in [-0.25, -0.2) is 9.78 Å². The van der Waals surface area contributed by atoms with Gasteiger partial charge in [-0.3, -0.25) is 9.78 Å². The molecule has 1 amide bonds. The van der Waals surface area contributed by atoms with Crippen molar-refractivity contribution in [2.75, 3.05) is 11.1 Å². The van der Waals surface area contributed by atoms with Crippen molar-refractivity contribution in [1.82, 2.24) is 9.97 Å². The summed E-state index contributed by atoms with van der Waals surface area (Å²) in [6.45, 7) is 0. The third-order valence-electron chi connectivity index (χ3n) is 2.10. The Kier molecular flexibility index (Phi) is 2.87. The maximum atomic E-state index is 11.7. The van der Waals surface area contributed by atoms with Crippen molar-refractivity contribution in [3.05, 3.63) is 52.6 Å². The molecule has 0 fully saturated rings. The van der Waals surface area contributed by atoms with Crippen LogP contribution in [0.5, 0.6) is 0 Å². The minimum atomic E-state index is -0.514. The lowest BCUT2D eigenvalue weighted by molar-refractivity contribution is 0.102. The van der Waals surface area contributed by atoms with Gasteiger partial charge in [0.1, 0.15) is 5.82 Å². The lowest BCUT2D eigenvalue weighted by Crippen LogP contribution is -2.17. The summed E-state index contributed by atoms with van der Waals surface area (Å²) in [7, 11) is 0. The largest absolute Gasteiger partial charge is 0.399 e. The summed E-state index contributed by atoms with van der Waals surface area (Å²) in [5, 5.41) is 2.54. The first-order valence-corrected chi connectivity index (χ1v) is 4.87. The van der Waals surface area contributed by atoms with Gasteiger partial charge in [0.25, 0.3) is 5.91 Å². The molecule has 86 valence electrons. The standard InChI is InChI=1S/C11H10N4O2/c12-8-3-1-7(2-4-8)10(16)14-9-5-6-13-11(17)15-9/h1-6H,12H2,(H2,13,14,15,16,17). The molecular weight excluding hydrogens is 220 g/mol. The second kappa shape index (κ2) is 4.48. The number of carbonyl (C=O) groups excluding carboxylic acids is 1. The molecule has 0 atom stereocenters. The predicted octanol–water partition coefficient (Wildman–Crippen LogP) is 0.604. The number of H-pyrrole nitrogens is 1. The minimum Gasteiger partial charge on any atom is -0.399 e. The number of rotatable bonds is 2. The highest BCUT2D eigenvalue weighted by molar-refractivity contribution is 6.03. The van der Waals surface area contributed by atoms with Gasteiger partial charge in [0.05, 0.1) is 0 Å². The number of hydrogen-bond acceptors (Lipinski definition) is 4. The third kappa shape index (κ3) is 2.69. The third-order valence-corrected chi connectivity index (χ3v) is 2.10. The molecule has 0 aliphatic rings. The van der Waals surface area contributed by atoms with Crippen LogP contribution >= 0.6 is 0 Å². The summed E-state index contributed by atoms with van der Waals surface area (Å²) < 4.78 is 0. The molecule has 4 N–H and O–H groups in total. The number of carbonyl (C=O) groups is 1. The zero-order valence-electron chi connectivity index (χ0n) is 8.81. The Morgan fingerprint density at radius 2 is 1.94 bits per heavy atom. The molecule has 0 aliphatic carbocycles. The van der Waals surface area contributed by atoms with Crippen LogP contribution in [0, 0.1) is 0 Å². The van der Waals surface area contributed by atoms with Crippen LogP contribution in [0.15, 0.2) is 41.3 Å². The highest BCUT2D eigenvalue weighted by Gasteiger charge is 2.05. The second-order valence-corrected chi connectivity index (χ2v) is 3.36. The van der Waals surface area contributed by atoms with Crippen molar-refractivity contribution >= 4 is 17.4 Å². The lowest BCUT2D eigenvalue weighted by atomic mass is 10.2. The molecule has 1 heterocycles. The summed E-state index contributed by atoms with van der Waals surface area (Å²) in [4.78, 5) is 28.5. The van der Waals surface area contributed by atoms with E-state index in [2.05, 4.69) is 15.3 Å². The van der Waals surface area contributed by atoms with Gasteiger partial charge in [-0.05, 0) is 30.3 Å².